The molecular weight excluding hydrogens is 246 g/mol. The number of allylic oxidation sites excluding steroid dienone is 3. The molecule has 4 rings (SSSR count). The van der Waals surface area contributed by atoms with Gasteiger partial charge in [0.15, 0.2) is 0 Å². The molecule has 1 nitrogen and oxygen atoms in total. The van der Waals surface area contributed by atoms with Gasteiger partial charge in [0.2, 0.25) is 0 Å². The van der Waals surface area contributed by atoms with Gasteiger partial charge in [0.25, 0.3) is 0 Å². The largest absolute Gasteiger partial charge is 0.415 e. The van der Waals surface area contributed by atoms with Gasteiger partial charge in [-0.15, -0.1) is 0 Å². The second-order valence-electron chi connectivity index (χ2n) is 6.00. The van der Waals surface area contributed by atoms with Crippen molar-refractivity contribution in [1.29, 1.82) is 0 Å². The van der Waals surface area contributed by atoms with Crippen LogP contribution in [0.3, 0.4) is 0 Å². The van der Waals surface area contributed by atoms with Crippen molar-refractivity contribution in [3.8, 4) is 0 Å². The zero-order chi connectivity index (χ0) is 12.7. The number of hydrogen-bond donors (Lipinski definition) is 1. The molecule has 2 saturated carbocycles. The van der Waals surface area contributed by atoms with Gasteiger partial charge >= 0.3 is 6.18 Å². The standard InChI is InChI=1S/C13H13F4N/c14-10-2-9(12-3-6(12)4-18-5-12)7-1-8(7)11(10)13(15,16)17/h2,6-8,18H,1,3-5H2. The second-order valence-corrected chi connectivity index (χ2v) is 6.00. The van der Waals surface area contributed by atoms with E-state index in [2.05, 4.69) is 5.32 Å². The summed E-state index contributed by atoms with van der Waals surface area (Å²) in [5.41, 5.74) is 0.0252. The fourth-order valence-electron chi connectivity index (χ4n) is 4.00. The van der Waals surface area contributed by atoms with E-state index in [0.717, 1.165) is 25.1 Å². The molecule has 1 heterocycles. The van der Waals surface area contributed by atoms with Crippen molar-refractivity contribution in [2.45, 2.75) is 19.0 Å². The van der Waals surface area contributed by atoms with E-state index in [1.165, 1.54) is 6.08 Å². The van der Waals surface area contributed by atoms with Gasteiger partial charge in [-0.2, -0.15) is 13.2 Å². The highest BCUT2D eigenvalue weighted by Crippen LogP contribution is 2.69. The molecule has 0 bridgehead atoms. The molecule has 0 aromatic heterocycles. The monoisotopic (exact) mass is 259 g/mol. The predicted octanol–water partition coefficient (Wildman–Crippen LogP) is 2.96. The highest BCUT2D eigenvalue weighted by Gasteiger charge is 2.66. The summed E-state index contributed by atoms with van der Waals surface area (Å²) in [5, 5.41) is 3.25. The van der Waals surface area contributed by atoms with Crippen LogP contribution in [0.25, 0.3) is 0 Å². The van der Waals surface area contributed by atoms with Crippen LogP contribution in [0, 0.1) is 23.2 Å². The van der Waals surface area contributed by atoms with Crippen molar-refractivity contribution in [1.82, 2.24) is 5.32 Å². The maximum Gasteiger partial charge on any atom is 0.415 e. The Kier molecular flexibility index (Phi) is 1.84. The summed E-state index contributed by atoms with van der Waals surface area (Å²) in [5.74, 6) is -1.18. The summed E-state index contributed by atoms with van der Waals surface area (Å²) in [6.07, 6.45) is -1.82. The van der Waals surface area contributed by atoms with Crippen LogP contribution in [0.15, 0.2) is 23.0 Å². The smallest absolute Gasteiger partial charge is 0.316 e. The number of piperidine rings is 1. The third-order valence-corrected chi connectivity index (χ3v) is 5.04. The van der Waals surface area contributed by atoms with E-state index in [1.807, 2.05) is 0 Å². The lowest BCUT2D eigenvalue weighted by Gasteiger charge is -2.22. The molecule has 0 aromatic carbocycles. The zero-order valence-electron chi connectivity index (χ0n) is 9.65. The minimum Gasteiger partial charge on any atom is -0.316 e. The lowest BCUT2D eigenvalue weighted by atomic mass is 9.85. The number of halogens is 4. The molecule has 4 aliphatic rings. The minimum absolute atomic E-state index is 0.00607. The first-order chi connectivity index (χ1) is 8.43. The maximum absolute atomic E-state index is 13.8. The summed E-state index contributed by atoms with van der Waals surface area (Å²) in [7, 11) is 0. The molecular formula is C13H13F4N. The van der Waals surface area contributed by atoms with Gasteiger partial charge in [-0.25, -0.2) is 4.39 Å². The van der Waals surface area contributed by atoms with E-state index in [0.29, 0.717) is 12.3 Å². The Labute approximate surface area is 102 Å². The fourth-order valence-corrected chi connectivity index (χ4v) is 4.00. The Balaban J connectivity index is 1.74. The summed E-state index contributed by atoms with van der Waals surface area (Å²) in [6.45, 7) is 1.73. The zero-order valence-corrected chi connectivity index (χ0v) is 9.65. The number of nitrogens with one attached hydrogen (secondary N) is 1. The van der Waals surface area contributed by atoms with E-state index in [-0.39, 0.29) is 11.3 Å². The van der Waals surface area contributed by atoms with Crippen LogP contribution < -0.4 is 5.32 Å². The van der Waals surface area contributed by atoms with Gasteiger partial charge in [0, 0.05) is 12.0 Å². The summed E-state index contributed by atoms with van der Waals surface area (Å²) in [6, 6.07) is 0. The van der Waals surface area contributed by atoms with Gasteiger partial charge in [-0.1, -0.05) is 5.57 Å². The molecule has 98 valence electrons. The lowest BCUT2D eigenvalue weighted by Crippen LogP contribution is -2.23. The van der Waals surface area contributed by atoms with Crippen molar-refractivity contribution < 1.29 is 17.6 Å². The van der Waals surface area contributed by atoms with Gasteiger partial charge in [-0.05, 0) is 43.2 Å². The first-order valence-electron chi connectivity index (χ1n) is 6.33. The Hall–Kier alpha value is -0.840. The SMILES string of the molecule is FC1=C(C(F)(F)F)C2CC2C(C23CNCC2C3)=C1. The van der Waals surface area contributed by atoms with Crippen molar-refractivity contribution in [2.75, 3.05) is 13.1 Å². The molecule has 4 unspecified atom stereocenters. The Morgan fingerprint density at radius 2 is 2.06 bits per heavy atom. The molecule has 0 amide bonds. The lowest BCUT2D eigenvalue weighted by molar-refractivity contribution is -0.0978. The van der Waals surface area contributed by atoms with Gasteiger partial charge in [0.1, 0.15) is 5.83 Å². The quantitative estimate of drug-likeness (QED) is 0.714. The third kappa shape index (κ3) is 1.26. The third-order valence-electron chi connectivity index (χ3n) is 5.04. The van der Waals surface area contributed by atoms with Crippen LogP contribution in [0.5, 0.6) is 0 Å². The van der Waals surface area contributed by atoms with E-state index >= 15 is 0 Å². The molecule has 3 aliphatic carbocycles. The second kappa shape index (κ2) is 3.00. The highest BCUT2D eigenvalue weighted by atomic mass is 19.4. The highest BCUT2D eigenvalue weighted by molar-refractivity contribution is 5.47. The first kappa shape index (κ1) is 11.0. The van der Waals surface area contributed by atoms with E-state index in [1.54, 1.807) is 0 Å². The van der Waals surface area contributed by atoms with Crippen LogP contribution in [0.4, 0.5) is 17.6 Å². The number of hydrogen-bond acceptors (Lipinski definition) is 1. The molecule has 1 N–H and O–H groups in total. The van der Waals surface area contributed by atoms with Crippen molar-refractivity contribution in [3.63, 3.8) is 0 Å². The van der Waals surface area contributed by atoms with Gasteiger partial charge in [-0.3, -0.25) is 0 Å². The number of fused-ring (bicyclic) bond motifs is 2. The van der Waals surface area contributed by atoms with Crippen molar-refractivity contribution in [3.05, 3.63) is 23.0 Å². The van der Waals surface area contributed by atoms with Gasteiger partial charge in [0.05, 0.1) is 5.57 Å². The molecule has 1 aliphatic heterocycles. The van der Waals surface area contributed by atoms with Crippen molar-refractivity contribution in [2.24, 2.45) is 23.2 Å². The fraction of sp³-hybridized carbons (Fsp3) is 0.692. The molecule has 0 aromatic rings. The minimum atomic E-state index is -4.51. The molecule has 4 atom stereocenters. The predicted molar refractivity (Wildman–Crippen MR) is 57.3 cm³/mol. The Bertz CT molecular complexity index is 490. The Morgan fingerprint density at radius 3 is 2.61 bits per heavy atom. The average Bonchev–Trinajstić information content (AvgIpc) is 3.14. The van der Waals surface area contributed by atoms with E-state index in [9.17, 15) is 17.6 Å². The van der Waals surface area contributed by atoms with Gasteiger partial charge < -0.3 is 5.32 Å². The van der Waals surface area contributed by atoms with E-state index < -0.39 is 23.5 Å². The van der Waals surface area contributed by atoms with Crippen LogP contribution in [-0.4, -0.2) is 19.3 Å². The molecule has 0 radical (unpaired) electrons. The average molecular weight is 259 g/mol. The topological polar surface area (TPSA) is 12.0 Å². The summed E-state index contributed by atoms with van der Waals surface area (Å²) in [4.78, 5) is 0. The Morgan fingerprint density at radius 1 is 1.28 bits per heavy atom. The normalized spacial score (nSPS) is 45.6. The molecule has 3 fully saturated rings. The first-order valence-corrected chi connectivity index (χ1v) is 6.33. The van der Waals surface area contributed by atoms with Crippen LogP contribution in [0.2, 0.25) is 0 Å². The van der Waals surface area contributed by atoms with Crippen LogP contribution >= 0.6 is 0 Å². The number of alkyl halides is 3. The summed E-state index contributed by atoms with van der Waals surface area (Å²) < 4.78 is 52.0. The molecule has 18 heavy (non-hydrogen) atoms. The number of rotatable bonds is 1. The maximum atomic E-state index is 13.8. The molecule has 1 saturated heterocycles. The molecule has 5 heteroatoms. The molecule has 0 spiro atoms. The van der Waals surface area contributed by atoms with Crippen LogP contribution in [-0.2, 0) is 0 Å². The van der Waals surface area contributed by atoms with Crippen molar-refractivity contribution >= 4 is 0 Å². The van der Waals surface area contributed by atoms with Crippen LogP contribution in [0.1, 0.15) is 12.8 Å². The van der Waals surface area contributed by atoms with E-state index in [4.69, 9.17) is 0 Å². The summed E-state index contributed by atoms with van der Waals surface area (Å²) >= 11 is 0.